The van der Waals surface area contributed by atoms with Crippen LogP contribution in [0.25, 0.3) is 0 Å². The van der Waals surface area contributed by atoms with Crippen molar-refractivity contribution in [1.29, 1.82) is 0 Å². The molecule has 26 valence electrons. The van der Waals surface area contributed by atoms with Gasteiger partial charge in [0.15, 0.2) is 0 Å². The molecule has 0 spiro atoms. The Balaban J connectivity index is 0. The monoisotopic (exact) mass is 259 g/mol. The Bertz CT molecular complexity index is 13.5. The van der Waals surface area contributed by atoms with Gasteiger partial charge in [-0.05, 0) is 0 Å². The maximum absolute atomic E-state index is 8.12. The van der Waals surface area contributed by atoms with Gasteiger partial charge in [-0.2, -0.15) is 0 Å². The fourth-order valence-electron chi connectivity index (χ4n) is 0. The molecule has 0 saturated heterocycles. The van der Waals surface area contributed by atoms with Gasteiger partial charge in [-0.3, -0.25) is 10.1 Å². The van der Waals surface area contributed by atoms with Crippen molar-refractivity contribution in [1.82, 2.24) is 0 Å². The molecule has 0 bridgehead atoms. The summed E-state index contributed by atoms with van der Waals surface area (Å²) in [6, 6.07) is 0. The van der Waals surface area contributed by atoms with Gasteiger partial charge in [-0.15, -0.1) is 0 Å². The fourth-order valence-corrected chi connectivity index (χ4v) is 0. The van der Waals surface area contributed by atoms with E-state index < -0.39 is 0 Å². The first-order valence-electron chi connectivity index (χ1n) is 0.408. The molecule has 0 aliphatic heterocycles. The minimum atomic E-state index is 0. The molecule has 0 saturated carbocycles. The summed E-state index contributed by atoms with van der Waals surface area (Å²) in [5, 5.41) is 8.38. The second kappa shape index (κ2) is 10.4. The maximum atomic E-state index is 8.12. The van der Waals surface area contributed by atoms with Crippen LogP contribution in [0.4, 0.5) is 0 Å². The second-order valence-corrected chi connectivity index (χ2v) is 0.0833. The summed E-state index contributed by atoms with van der Waals surface area (Å²) < 4.78 is 0. The average molecular weight is 259 g/mol. The van der Waals surface area contributed by atoms with Gasteiger partial charge >= 0.3 is 26.2 Å². The fraction of sp³-hybridized carbons (Fsp3) is 0. The topological polar surface area (TPSA) is 54.1 Å². The van der Waals surface area contributed by atoms with E-state index in [0.717, 1.165) is 0 Å². The van der Waals surface area contributed by atoms with Crippen LogP contribution in [0.5, 0.6) is 0 Å². The molecule has 1 N–H and O–H groups in total. The zero-order valence-corrected chi connectivity index (χ0v) is 7.52. The minimum absolute atomic E-state index is 0. The third-order valence-electron chi connectivity index (χ3n) is 0. The van der Waals surface area contributed by atoms with Crippen molar-refractivity contribution in [2.24, 2.45) is 0 Å². The van der Waals surface area contributed by atoms with Crippen molar-refractivity contribution in [3.63, 3.8) is 0 Å². The molecule has 0 fully saturated rings. The van der Waals surface area contributed by atoms with Gasteiger partial charge in [0.2, 0.25) is 0 Å². The van der Waals surface area contributed by atoms with Gasteiger partial charge in [0, 0.05) is 5.34 Å². The predicted octanol–water partition coefficient (Wildman–Crippen LogP) is -2.85. The van der Waals surface area contributed by atoms with E-state index in [-0.39, 0.29) is 31.5 Å². The van der Waals surface area contributed by atoms with Crippen LogP contribution in [0, 0.1) is 10.1 Å². The summed E-state index contributed by atoms with van der Waals surface area (Å²) in [5.74, 6) is 0. The Hall–Kier alpha value is 0.283. The van der Waals surface area contributed by atoms with E-state index in [2.05, 4.69) is 0 Å². The van der Waals surface area contributed by atoms with Crippen LogP contribution >= 0.6 is 0 Å². The van der Waals surface area contributed by atoms with E-state index in [9.17, 15) is 0 Å². The zero-order chi connectivity index (χ0) is 2.71. The summed E-state index contributed by atoms with van der Waals surface area (Å²) >= 11 is 0. The standard InChI is InChI=1S/Bi.HNO2.3H/c;2-1-3;;;/h;1H;;;. The Morgan fingerprint density at radius 2 is 1.75 bits per heavy atom. The SMILES string of the molecule is O=[NH+][O-].[BiH3]. The zero-order valence-electron chi connectivity index (χ0n) is 2.02. The van der Waals surface area contributed by atoms with Crippen molar-refractivity contribution < 1.29 is 5.34 Å². The molecule has 0 aliphatic carbocycles. The normalized spacial score (nSPS) is 3.00. The first-order chi connectivity index (χ1) is 1.41. The molecule has 0 amide bonds. The Morgan fingerprint density at radius 1 is 1.75 bits per heavy atom. The van der Waals surface area contributed by atoms with Gasteiger partial charge in [-0.25, -0.2) is 0 Å². The third kappa shape index (κ3) is 46.9. The summed E-state index contributed by atoms with van der Waals surface area (Å²) in [6.07, 6.45) is 0. The van der Waals surface area contributed by atoms with Crippen LogP contribution in [-0.2, 0) is 0 Å². The quantitative estimate of drug-likeness (QED) is 0.289. The van der Waals surface area contributed by atoms with E-state index in [4.69, 9.17) is 10.1 Å². The molecule has 0 atom stereocenters. The molecule has 3 nitrogen and oxygen atoms in total. The molecular weight excluding hydrogens is 255 g/mol. The molecule has 0 aromatic carbocycles. The summed E-state index contributed by atoms with van der Waals surface area (Å²) in [5.41, 5.74) is 0. The molecule has 0 unspecified atom stereocenters. The predicted molar refractivity (Wildman–Crippen MR) is 17.6 cm³/mol. The molecular formula is H4BiNO2. The Kier molecular flexibility index (Phi) is 23.0. The van der Waals surface area contributed by atoms with Crippen molar-refractivity contribution in [2.75, 3.05) is 0 Å². The van der Waals surface area contributed by atoms with Gasteiger partial charge in [0.05, 0.1) is 0 Å². The van der Waals surface area contributed by atoms with Crippen LogP contribution < -0.4 is 5.34 Å². The van der Waals surface area contributed by atoms with E-state index >= 15 is 0 Å². The summed E-state index contributed by atoms with van der Waals surface area (Å²) in [4.78, 5) is 8.12. The molecule has 0 aliphatic rings. The Labute approximate surface area is 42.1 Å². The van der Waals surface area contributed by atoms with Crippen LogP contribution in [-0.4, -0.2) is 26.2 Å². The second-order valence-electron chi connectivity index (χ2n) is 0.0833. The molecule has 0 aromatic heterocycles. The van der Waals surface area contributed by atoms with Crippen molar-refractivity contribution in [2.45, 2.75) is 0 Å². The van der Waals surface area contributed by atoms with E-state index in [0.29, 0.717) is 0 Å². The van der Waals surface area contributed by atoms with Crippen LogP contribution in [0.3, 0.4) is 0 Å². The van der Waals surface area contributed by atoms with Gasteiger partial charge in [0.25, 0.3) is 0 Å². The van der Waals surface area contributed by atoms with Crippen molar-refractivity contribution in [3.8, 4) is 0 Å². The van der Waals surface area contributed by atoms with Gasteiger partial charge in [0.1, 0.15) is 0 Å². The average Bonchev–Trinajstić information content (AvgIpc) is 0.918. The van der Waals surface area contributed by atoms with Crippen molar-refractivity contribution in [3.05, 3.63) is 10.1 Å². The molecule has 0 rings (SSSR count). The van der Waals surface area contributed by atoms with Crippen molar-refractivity contribution >= 4 is 26.2 Å². The van der Waals surface area contributed by atoms with E-state index in [1.54, 1.807) is 0 Å². The van der Waals surface area contributed by atoms with Crippen LogP contribution in [0.1, 0.15) is 0 Å². The van der Waals surface area contributed by atoms with Gasteiger partial charge in [-0.1, -0.05) is 0 Å². The third-order valence-corrected chi connectivity index (χ3v) is 0. The van der Waals surface area contributed by atoms with Gasteiger partial charge < -0.3 is 0 Å². The summed E-state index contributed by atoms with van der Waals surface area (Å²) in [7, 11) is 0. The summed E-state index contributed by atoms with van der Waals surface area (Å²) in [6.45, 7) is 0. The first kappa shape index (κ1) is 8.86. The number of nitrogens with one attached hydrogen (secondary N) is 1. The number of rotatable bonds is 0. The Morgan fingerprint density at radius 3 is 1.75 bits per heavy atom. The molecule has 0 heterocycles. The molecule has 4 heavy (non-hydrogen) atoms. The number of hydrogen-bond acceptors (Lipinski definition) is 2. The molecule has 0 aromatic rings. The van der Waals surface area contributed by atoms with E-state index in [1.807, 2.05) is 0 Å². The van der Waals surface area contributed by atoms with E-state index in [1.165, 1.54) is 0 Å². The number of hydrogen-bond donors (Lipinski definition) is 1. The molecule has 4 heteroatoms. The molecule has 0 radical (unpaired) electrons. The first-order valence-corrected chi connectivity index (χ1v) is 0.408. The van der Waals surface area contributed by atoms with Crippen LogP contribution in [0.15, 0.2) is 0 Å². The van der Waals surface area contributed by atoms with Crippen LogP contribution in [0.2, 0.25) is 0 Å².